The highest BCUT2D eigenvalue weighted by molar-refractivity contribution is 6.38. The van der Waals surface area contributed by atoms with E-state index in [1.54, 1.807) is 4.90 Å². The SMILES string of the molecule is C=CCNC(=O)C(=O)C(CC1CC1)NC(=O)[C@@H]1[C@H]2CCC(C)(C)[C@H]2CN1C(=O)[C@@H](NC(=O)N[C@H](CN1C(=O)CC(C)(C)CC1=O)C(C)(C)C)C1CCCCC1. The van der Waals surface area contributed by atoms with Crippen LogP contribution in [0.1, 0.15) is 126 Å². The molecule has 13 nitrogen and oxygen atoms in total. The zero-order valence-electron chi connectivity index (χ0n) is 34.3. The third kappa shape index (κ3) is 10.2. The number of nitrogens with one attached hydrogen (secondary N) is 4. The Kier molecular flexibility index (Phi) is 12.9. The van der Waals surface area contributed by atoms with Crippen LogP contribution in [0.2, 0.25) is 0 Å². The van der Waals surface area contributed by atoms with Crippen molar-refractivity contribution in [3.05, 3.63) is 12.7 Å². The standard InChI is InChI=1S/C42H66N6O7/c1-9-19-43-37(53)35(51)29(20-25-15-16-25)44-36(52)34-27-17-18-42(7,8)28(27)23-48(34)38(54)33(26-13-11-10-12-14-26)46-39(55)45-30(40(2,3)4)24-47-31(49)21-41(5,6)22-32(47)50/h9,25-30,33-34H,1,10-24H2,2-8H3,(H,43,53)(H,44,52)(H2,45,46,55)/t27-,28-,29?,30+,33-,34-/m0/s1. The third-order valence-corrected chi connectivity index (χ3v) is 13.1. The number of piperidine rings is 1. The lowest BCUT2D eigenvalue weighted by Gasteiger charge is -2.40. The smallest absolute Gasteiger partial charge is 0.315 e. The second-order valence-corrected chi connectivity index (χ2v) is 19.7. The zero-order chi connectivity index (χ0) is 40.5. The van der Waals surface area contributed by atoms with Crippen molar-refractivity contribution in [2.75, 3.05) is 19.6 Å². The summed E-state index contributed by atoms with van der Waals surface area (Å²) in [6.07, 6.45) is 10.2. The summed E-state index contributed by atoms with van der Waals surface area (Å²) in [7, 11) is 0. The van der Waals surface area contributed by atoms with E-state index in [1.807, 2.05) is 34.6 Å². The van der Waals surface area contributed by atoms with Crippen molar-refractivity contribution in [2.45, 2.75) is 150 Å². The maximum absolute atomic E-state index is 15.0. The molecule has 55 heavy (non-hydrogen) atoms. The van der Waals surface area contributed by atoms with Crippen molar-refractivity contribution in [3.8, 4) is 0 Å². The summed E-state index contributed by atoms with van der Waals surface area (Å²) in [4.78, 5) is 98.7. The first-order valence-electron chi connectivity index (χ1n) is 20.7. The maximum Gasteiger partial charge on any atom is 0.315 e. The van der Waals surface area contributed by atoms with Crippen LogP contribution in [0.15, 0.2) is 12.7 Å². The third-order valence-electron chi connectivity index (χ3n) is 13.1. The molecule has 0 aromatic carbocycles. The van der Waals surface area contributed by atoms with E-state index in [-0.39, 0.29) is 72.7 Å². The number of hydrogen-bond acceptors (Lipinski definition) is 7. The van der Waals surface area contributed by atoms with Gasteiger partial charge in [-0.15, -0.1) is 6.58 Å². The number of urea groups is 1. The van der Waals surface area contributed by atoms with Crippen LogP contribution in [0, 0.1) is 39.9 Å². The second-order valence-electron chi connectivity index (χ2n) is 19.7. The van der Waals surface area contributed by atoms with E-state index in [1.165, 1.54) is 11.0 Å². The molecule has 2 aliphatic heterocycles. The van der Waals surface area contributed by atoms with Gasteiger partial charge in [0, 0.05) is 32.5 Å². The summed E-state index contributed by atoms with van der Waals surface area (Å²) in [6, 6.07) is -3.94. The van der Waals surface area contributed by atoms with Gasteiger partial charge in [-0.3, -0.25) is 33.7 Å². The normalized spacial score (nSPS) is 26.7. The number of imide groups is 1. The van der Waals surface area contributed by atoms with Crippen LogP contribution in [0.5, 0.6) is 0 Å². The minimum Gasteiger partial charge on any atom is -0.346 e. The molecule has 0 bridgehead atoms. The molecule has 2 saturated heterocycles. The van der Waals surface area contributed by atoms with Crippen molar-refractivity contribution in [2.24, 2.45) is 39.9 Å². The number of Topliss-reactive ketones (excluding diaryl/α,β-unsaturated/α-hetero) is 1. The van der Waals surface area contributed by atoms with Gasteiger partial charge in [0.2, 0.25) is 29.4 Å². The lowest BCUT2D eigenvalue weighted by atomic mass is 9.79. The summed E-state index contributed by atoms with van der Waals surface area (Å²) in [5.41, 5.74) is -1.09. The fourth-order valence-corrected chi connectivity index (χ4v) is 9.47. The first-order chi connectivity index (χ1) is 25.7. The lowest BCUT2D eigenvalue weighted by Crippen LogP contribution is -2.62. The molecule has 0 spiro atoms. The van der Waals surface area contributed by atoms with E-state index < -0.39 is 58.6 Å². The van der Waals surface area contributed by atoms with Crippen LogP contribution in [-0.2, 0) is 28.8 Å². The van der Waals surface area contributed by atoms with Gasteiger partial charge in [0.15, 0.2) is 0 Å². The van der Waals surface area contributed by atoms with Gasteiger partial charge in [0.05, 0.1) is 12.1 Å². The maximum atomic E-state index is 15.0. The summed E-state index contributed by atoms with van der Waals surface area (Å²) in [6.45, 7) is 18.0. The topological polar surface area (TPSA) is 174 Å². The van der Waals surface area contributed by atoms with E-state index in [4.69, 9.17) is 0 Å². The monoisotopic (exact) mass is 766 g/mol. The van der Waals surface area contributed by atoms with E-state index in [0.717, 1.165) is 57.8 Å². The Bertz CT molecular complexity index is 1500. The molecule has 0 aromatic rings. The Hall–Kier alpha value is -3.77. The van der Waals surface area contributed by atoms with Crippen molar-refractivity contribution in [1.29, 1.82) is 0 Å². The highest BCUT2D eigenvalue weighted by Crippen LogP contribution is 2.53. The number of nitrogens with zero attached hydrogens (tertiary/aromatic N) is 2. The molecule has 306 valence electrons. The van der Waals surface area contributed by atoms with Crippen LogP contribution in [0.25, 0.3) is 0 Å². The molecular weight excluding hydrogens is 700 g/mol. The zero-order valence-corrected chi connectivity index (χ0v) is 34.3. The van der Waals surface area contributed by atoms with E-state index >= 15 is 0 Å². The Morgan fingerprint density at radius 2 is 1.53 bits per heavy atom. The molecule has 6 atom stereocenters. The molecular formula is C42H66N6O7. The summed E-state index contributed by atoms with van der Waals surface area (Å²) < 4.78 is 0. The molecule has 3 saturated carbocycles. The number of hydrogen-bond donors (Lipinski definition) is 4. The van der Waals surface area contributed by atoms with Crippen LogP contribution >= 0.6 is 0 Å². The van der Waals surface area contributed by atoms with E-state index in [9.17, 15) is 33.6 Å². The molecule has 1 unspecified atom stereocenters. The molecule has 5 rings (SSSR count). The Morgan fingerprint density at radius 1 is 0.891 bits per heavy atom. The van der Waals surface area contributed by atoms with Crippen LogP contribution in [-0.4, -0.2) is 95.0 Å². The molecule has 4 N–H and O–H groups in total. The summed E-state index contributed by atoms with van der Waals surface area (Å²) >= 11 is 0. The van der Waals surface area contributed by atoms with Gasteiger partial charge in [-0.05, 0) is 72.0 Å². The number of ketones is 1. The van der Waals surface area contributed by atoms with Crippen LogP contribution in [0.4, 0.5) is 4.79 Å². The minimum atomic E-state index is -1.01. The van der Waals surface area contributed by atoms with Gasteiger partial charge in [0.25, 0.3) is 5.91 Å². The predicted octanol–water partition coefficient (Wildman–Crippen LogP) is 4.24. The second kappa shape index (κ2) is 16.8. The fraction of sp³-hybridized carbons (Fsp3) is 0.786. The largest absolute Gasteiger partial charge is 0.346 e. The number of carbonyl (C=O) groups excluding carboxylic acids is 7. The van der Waals surface area contributed by atoms with Gasteiger partial charge < -0.3 is 26.2 Å². The number of fused-ring (bicyclic) bond motifs is 1. The summed E-state index contributed by atoms with van der Waals surface area (Å²) in [5.74, 6) is -2.77. The molecule has 5 fully saturated rings. The van der Waals surface area contributed by atoms with Gasteiger partial charge in [0.1, 0.15) is 12.1 Å². The molecule has 0 aromatic heterocycles. The quantitative estimate of drug-likeness (QED) is 0.116. The lowest BCUT2D eigenvalue weighted by molar-refractivity contribution is -0.153. The number of rotatable bonds is 14. The molecule has 2 heterocycles. The van der Waals surface area contributed by atoms with Gasteiger partial charge >= 0.3 is 6.03 Å². The first-order valence-corrected chi connectivity index (χ1v) is 20.7. The number of amides is 7. The molecule has 7 amide bonds. The van der Waals surface area contributed by atoms with Crippen LogP contribution in [0.3, 0.4) is 0 Å². The molecule has 0 radical (unpaired) electrons. The molecule has 13 heteroatoms. The van der Waals surface area contributed by atoms with Crippen molar-refractivity contribution in [3.63, 3.8) is 0 Å². The first kappa shape index (κ1) is 42.4. The van der Waals surface area contributed by atoms with Gasteiger partial charge in [-0.1, -0.05) is 86.6 Å². The molecule has 5 aliphatic rings. The van der Waals surface area contributed by atoms with Crippen molar-refractivity contribution < 1.29 is 33.6 Å². The highest BCUT2D eigenvalue weighted by atomic mass is 16.2. The number of likely N-dealkylation sites (tertiary alicyclic amines) is 2. The van der Waals surface area contributed by atoms with E-state index in [0.29, 0.717) is 13.0 Å². The predicted molar refractivity (Wildman–Crippen MR) is 208 cm³/mol. The van der Waals surface area contributed by atoms with Crippen LogP contribution < -0.4 is 21.3 Å². The van der Waals surface area contributed by atoms with E-state index in [2.05, 4.69) is 41.7 Å². The highest BCUT2D eigenvalue weighted by Gasteiger charge is 2.57. The Balaban J connectivity index is 1.38. The number of carbonyl (C=O) groups is 7. The Morgan fingerprint density at radius 3 is 2.11 bits per heavy atom. The average molecular weight is 767 g/mol. The van der Waals surface area contributed by atoms with Crippen molar-refractivity contribution in [1.82, 2.24) is 31.1 Å². The van der Waals surface area contributed by atoms with Gasteiger partial charge in [-0.25, -0.2) is 4.79 Å². The average Bonchev–Trinajstić information content (AvgIpc) is 3.75. The Labute approximate surface area is 327 Å². The summed E-state index contributed by atoms with van der Waals surface area (Å²) in [5, 5.41) is 11.5. The minimum absolute atomic E-state index is 0.0197. The van der Waals surface area contributed by atoms with Gasteiger partial charge in [-0.2, -0.15) is 0 Å². The molecule has 3 aliphatic carbocycles. The fourth-order valence-electron chi connectivity index (χ4n) is 9.47. The van der Waals surface area contributed by atoms with Crippen molar-refractivity contribution >= 4 is 41.4 Å².